The number of nitrogens with two attached hydrogens (primary N) is 2. The van der Waals surface area contributed by atoms with Gasteiger partial charge in [0, 0.05) is 18.7 Å². The zero-order chi connectivity index (χ0) is 16.8. The minimum Gasteiger partial charge on any atom is -0.382 e. The molecular weight excluding hydrogens is 358 g/mol. The van der Waals surface area contributed by atoms with Gasteiger partial charge in [0.2, 0.25) is 0 Å². The highest BCUT2D eigenvalue weighted by molar-refractivity contribution is 9.19. The average Bonchev–Trinajstić information content (AvgIpc) is 2.58. The second-order valence-corrected chi connectivity index (χ2v) is 6.06. The lowest BCUT2D eigenvalue weighted by Crippen LogP contribution is -2.32. The van der Waals surface area contributed by atoms with E-state index in [-0.39, 0.29) is 11.9 Å². The summed E-state index contributed by atoms with van der Waals surface area (Å²) < 4.78 is 0.577. The van der Waals surface area contributed by atoms with Gasteiger partial charge in [0.1, 0.15) is 4.62 Å². The Morgan fingerprint density at radius 2 is 2.09 bits per heavy atom. The number of halogens is 1. The van der Waals surface area contributed by atoms with Crippen molar-refractivity contribution in [3.63, 3.8) is 0 Å². The highest BCUT2D eigenvalue weighted by Gasteiger charge is 2.18. The van der Waals surface area contributed by atoms with Gasteiger partial charge in [-0.05, 0) is 53.5 Å². The molecule has 4 N–H and O–H groups in total. The van der Waals surface area contributed by atoms with Gasteiger partial charge in [-0.3, -0.25) is 14.8 Å². The fourth-order valence-corrected chi connectivity index (χ4v) is 2.76. The van der Waals surface area contributed by atoms with Crippen LogP contribution in [0.25, 0.3) is 0 Å². The largest absolute Gasteiger partial charge is 0.382 e. The monoisotopic (exact) mass is 379 g/mol. The molecular formula is C16H22BrN5O. The Kier molecular flexibility index (Phi) is 6.29. The molecule has 0 aliphatic carbocycles. The number of hydrogen-bond donors (Lipinski definition) is 2. The van der Waals surface area contributed by atoms with E-state index in [0.29, 0.717) is 42.2 Å². The van der Waals surface area contributed by atoms with Crippen molar-refractivity contribution in [2.45, 2.75) is 19.4 Å². The second kappa shape index (κ2) is 8.21. The topological polar surface area (TPSA) is 97.1 Å². The van der Waals surface area contributed by atoms with Crippen molar-refractivity contribution in [2.24, 2.45) is 21.5 Å². The molecule has 1 aliphatic heterocycles. The van der Waals surface area contributed by atoms with Crippen LogP contribution >= 0.6 is 15.9 Å². The average molecular weight is 380 g/mol. The summed E-state index contributed by atoms with van der Waals surface area (Å²) in [5.41, 5.74) is 12.9. The van der Waals surface area contributed by atoms with Gasteiger partial charge >= 0.3 is 0 Å². The third-order valence-corrected chi connectivity index (χ3v) is 4.37. The SMILES string of the molecule is CCN(CCCN)C(=O)c1ccc(C2CN=C(N)C(Br)=N2)cc1. The Morgan fingerprint density at radius 3 is 2.65 bits per heavy atom. The molecule has 7 heteroatoms. The van der Waals surface area contributed by atoms with E-state index in [0.717, 1.165) is 12.0 Å². The maximum atomic E-state index is 12.5. The van der Waals surface area contributed by atoms with Gasteiger partial charge < -0.3 is 16.4 Å². The van der Waals surface area contributed by atoms with Crippen molar-refractivity contribution < 1.29 is 4.79 Å². The van der Waals surface area contributed by atoms with Crippen LogP contribution in [0.4, 0.5) is 0 Å². The number of hydrogen-bond acceptors (Lipinski definition) is 5. The number of aliphatic imine (C=N–C) groups is 2. The first-order valence-electron chi connectivity index (χ1n) is 7.69. The summed E-state index contributed by atoms with van der Waals surface area (Å²) in [4.78, 5) is 23.0. The number of carbonyl (C=O) groups is 1. The fourth-order valence-electron chi connectivity index (χ4n) is 2.39. The Morgan fingerprint density at radius 1 is 1.39 bits per heavy atom. The molecule has 1 unspecified atom stereocenters. The number of rotatable bonds is 6. The molecule has 0 aromatic heterocycles. The maximum absolute atomic E-state index is 12.5. The number of amidine groups is 1. The molecule has 1 aliphatic rings. The van der Waals surface area contributed by atoms with Crippen LogP contribution in [0.2, 0.25) is 0 Å². The van der Waals surface area contributed by atoms with Crippen LogP contribution in [0.15, 0.2) is 34.3 Å². The summed E-state index contributed by atoms with van der Waals surface area (Å²) in [6.07, 6.45) is 0.807. The van der Waals surface area contributed by atoms with Gasteiger partial charge in [-0.1, -0.05) is 12.1 Å². The zero-order valence-corrected chi connectivity index (χ0v) is 14.8. The predicted octanol–water partition coefficient (Wildman–Crippen LogP) is 1.70. The van der Waals surface area contributed by atoms with Crippen LogP contribution in [0, 0.1) is 0 Å². The molecule has 0 fully saturated rings. The third-order valence-electron chi connectivity index (χ3n) is 3.76. The van der Waals surface area contributed by atoms with E-state index in [4.69, 9.17) is 11.5 Å². The first-order chi connectivity index (χ1) is 11.1. The first-order valence-corrected chi connectivity index (χ1v) is 8.49. The lowest BCUT2D eigenvalue weighted by molar-refractivity contribution is 0.0763. The van der Waals surface area contributed by atoms with Gasteiger partial charge in [0.05, 0.1) is 12.6 Å². The number of nitrogens with zero attached hydrogens (tertiary/aromatic N) is 3. The number of benzene rings is 1. The van der Waals surface area contributed by atoms with Crippen LogP contribution in [0.1, 0.15) is 35.3 Å². The quantitative estimate of drug-likeness (QED) is 0.786. The van der Waals surface area contributed by atoms with E-state index in [1.165, 1.54) is 0 Å². The minimum absolute atomic E-state index is 0.0306. The Labute approximate surface area is 144 Å². The third kappa shape index (κ3) is 4.39. The second-order valence-electron chi connectivity index (χ2n) is 5.31. The first kappa shape index (κ1) is 17.6. The van der Waals surface area contributed by atoms with Gasteiger partial charge in [-0.2, -0.15) is 0 Å². The fraction of sp³-hybridized carbons (Fsp3) is 0.438. The smallest absolute Gasteiger partial charge is 0.253 e. The molecule has 23 heavy (non-hydrogen) atoms. The summed E-state index contributed by atoms with van der Waals surface area (Å²) >= 11 is 3.30. The summed E-state index contributed by atoms with van der Waals surface area (Å²) in [5, 5.41) is 0. The van der Waals surface area contributed by atoms with E-state index < -0.39 is 0 Å². The molecule has 1 atom stereocenters. The molecule has 0 radical (unpaired) electrons. The van der Waals surface area contributed by atoms with Crippen LogP contribution in [0.5, 0.6) is 0 Å². The molecule has 2 rings (SSSR count). The highest BCUT2D eigenvalue weighted by atomic mass is 79.9. The Hall–Kier alpha value is -1.73. The molecule has 0 saturated carbocycles. The molecule has 1 aromatic rings. The Balaban J connectivity index is 2.09. The summed E-state index contributed by atoms with van der Waals surface area (Å²) in [5.74, 6) is 0.453. The molecule has 0 bridgehead atoms. The molecule has 1 aromatic carbocycles. The zero-order valence-electron chi connectivity index (χ0n) is 13.2. The highest BCUT2D eigenvalue weighted by Crippen LogP contribution is 2.22. The molecule has 1 heterocycles. The lowest BCUT2D eigenvalue weighted by atomic mass is 10.0. The van der Waals surface area contributed by atoms with Crippen molar-refractivity contribution in [3.8, 4) is 0 Å². The van der Waals surface area contributed by atoms with Crippen LogP contribution in [-0.2, 0) is 0 Å². The minimum atomic E-state index is -0.0691. The maximum Gasteiger partial charge on any atom is 0.253 e. The van der Waals surface area contributed by atoms with Crippen molar-refractivity contribution in [3.05, 3.63) is 35.4 Å². The van der Waals surface area contributed by atoms with Gasteiger partial charge in [-0.15, -0.1) is 0 Å². The molecule has 0 saturated heterocycles. The van der Waals surface area contributed by atoms with E-state index in [1.807, 2.05) is 36.1 Å². The van der Waals surface area contributed by atoms with Crippen molar-refractivity contribution in [1.82, 2.24) is 4.90 Å². The van der Waals surface area contributed by atoms with Crippen molar-refractivity contribution >= 4 is 32.3 Å². The van der Waals surface area contributed by atoms with Crippen molar-refractivity contribution in [1.29, 1.82) is 0 Å². The normalized spacial score (nSPS) is 17.4. The number of carbonyl (C=O) groups excluding carboxylic acids is 1. The Bertz CT molecular complexity index is 611. The van der Waals surface area contributed by atoms with Gasteiger partial charge in [0.15, 0.2) is 5.84 Å². The van der Waals surface area contributed by atoms with Gasteiger partial charge in [0.25, 0.3) is 5.91 Å². The van der Waals surface area contributed by atoms with Crippen molar-refractivity contribution in [2.75, 3.05) is 26.2 Å². The molecule has 1 amide bonds. The summed E-state index contributed by atoms with van der Waals surface area (Å²) in [6.45, 7) is 4.43. The van der Waals surface area contributed by atoms with Gasteiger partial charge in [-0.25, -0.2) is 0 Å². The summed E-state index contributed by atoms with van der Waals surface area (Å²) in [7, 11) is 0. The molecule has 6 nitrogen and oxygen atoms in total. The van der Waals surface area contributed by atoms with E-state index in [1.54, 1.807) is 0 Å². The van der Waals surface area contributed by atoms with Crippen LogP contribution in [-0.4, -0.2) is 47.4 Å². The van der Waals surface area contributed by atoms with Crippen LogP contribution < -0.4 is 11.5 Å². The van der Waals surface area contributed by atoms with E-state index >= 15 is 0 Å². The van der Waals surface area contributed by atoms with Crippen LogP contribution in [0.3, 0.4) is 0 Å². The van der Waals surface area contributed by atoms with E-state index in [2.05, 4.69) is 25.9 Å². The molecule has 124 valence electrons. The standard InChI is InChI=1S/C16H22BrN5O/c1-2-22(9-3-8-18)16(23)12-6-4-11(5-7-12)13-10-20-15(19)14(17)21-13/h4-7,13H,2-3,8-10,18H2,1H3,(H2,19,20). The molecule has 0 spiro atoms. The summed E-state index contributed by atoms with van der Waals surface area (Å²) in [6, 6.07) is 7.47. The lowest BCUT2D eigenvalue weighted by Gasteiger charge is -2.21. The number of amides is 1. The predicted molar refractivity (Wildman–Crippen MR) is 97.3 cm³/mol. The van der Waals surface area contributed by atoms with E-state index in [9.17, 15) is 4.79 Å².